The first kappa shape index (κ1) is 11.0. The lowest BCUT2D eigenvalue weighted by molar-refractivity contribution is 0.541. The first-order chi connectivity index (χ1) is 7.27. The minimum absolute atomic E-state index is 0.583. The zero-order chi connectivity index (χ0) is 10.8. The molecule has 0 atom stereocenters. The third-order valence-electron chi connectivity index (χ3n) is 3.13. The van der Waals surface area contributed by atoms with Crippen LogP contribution in [0.2, 0.25) is 0 Å². The Kier molecular flexibility index (Phi) is 3.34. The molecule has 0 spiro atoms. The van der Waals surface area contributed by atoms with E-state index in [1.807, 2.05) is 0 Å². The molecule has 0 saturated carbocycles. The van der Waals surface area contributed by atoms with Gasteiger partial charge in [0.15, 0.2) is 0 Å². The third-order valence-corrected chi connectivity index (χ3v) is 3.91. The van der Waals surface area contributed by atoms with Crippen molar-refractivity contribution in [2.24, 2.45) is 0 Å². The number of rotatable bonds is 3. The maximum atomic E-state index is 4.70. The monoisotopic (exact) mass is 271 g/mol. The van der Waals surface area contributed by atoms with E-state index < -0.39 is 0 Å². The van der Waals surface area contributed by atoms with Crippen LogP contribution in [0.3, 0.4) is 0 Å². The summed E-state index contributed by atoms with van der Waals surface area (Å²) in [5, 5.41) is 8.11. The molecule has 2 heterocycles. The molecule has 0 fully saturated rings. The number of aromatic nitrogens is 2. The van der Waals surface area contributed by atoms with Crippen molar-refractivity contribution in [2.75, 3.05) is 11.9 Å². The van der Waals surface area contributed by atoms with E-state index in [1.54, 1.807) is 0 Å². The first-order valence-electron chi connectivity index (χ1n) is 5.78. The molecule has 0 aliphatic carbocycles. The summed E-state index contributed by atoms with van der Waals surface area (Å²) in [5.41, 5.74) is 1.23. The molecule has 1 aromatic rings. The predicted octanol–water partition coefficient (Wildman–Crippen LogP) is 3.36. The number of aryl methyl sites for hydroxylation is 1. The summed E-state index contributed by atoms with van der Waals surface area (Å²) < 4.78 is 3.28. The van der Waals surface area contributed by atoms with Gasteiger partial charge in [-0.3, -0.25) is 0 Å². The zero-order valence-corrected chi connectivity index (χ0v) is 11.0. The van der Waals surface area contributed by atoms with Gasteiger partial charge in [0.05, 0.1) is 10.2 Å². The van der Waals surface area contributed by atoms with Crippen molar-refractivity contribution >= 4 is 21.7 Å². The molecule has 1 aliphatic heterocycles. The quantitative estimate of drug-likeness (QED) is 0.914. The van der Waals surface area contributed by atoms with Gasteiger partial charge in [-0.05, 0) is 35.2 Å². The van der Waals surface area contributed by atoms with Crippen molar-refractivity contribution in [1.29, 1.82) is 0 Å². The Bertz CT molecular complexity index is 342. The minimum Gasteiger partial charge on any atom is -0.369 e. The predicted molar refractivity (Wildman–Crippen MR) is 66.4 cm³/mol. The van der Waals surface area contributed by atoms with Gasteiger partial charge < -0.3 is 5.32 Å². The van der Waals surface area contributed by atoms with E-state index in [2.05, 4.69) is 39.8 Å². The van der Waals surface area contributed by atoms with Crippen molar-refractivity contribution < 1.29 is 0 Å². The molecule has 1 N–H and O–H groups in total. The van der Waals surface area contributed by atoms with Crippen LogP contribution in [0.4, 0.5) is 5.82 Å². The lowest BCUT2D eigenvalue weighted by Gasteiger charge is -2.15. The van der Waals surface area contributed by atoms with Gasteiger partial charge in [0, 0.05) is 19.0 Å². The summed E-state index contributed by atoms with van der Waals surface area (Å²) in [6.45, 7) is 6.56. The molecule has 0 radical (unpaired) electrons. The van der Waals surface area contributed by atoms with Crippen LogP contribution in [-0.2, 0) is 6.54 Å². The fourth-order valence-corrected chi connectivity index (χ4v) is 2.91. The van der Waals surface area contributed by atoms with Crippen molar-refractivity contribution in [3.8, 4) is 0 Å². The zero-order valence-electron chi connectivity index (χ0n) is 9.39. The Morgan fingerprint density at radius 1 is 1.47 bits per heavy atom. The van der Waals surface area contributed by atoms with E-state index in [1.165, 1.54) is 22.4 Å². The van der Waals surface area contributed by atoms with Gasteiger partial charge in [-0.25, -0.2) is 4.68 Å². The number of halogens is 1. The average molecular weight is 272 g/mol. The molecule has 3 nitrogen and oxygen atoms in total. The highest BCUT2D eigenvalue weighted by Crippen LogP contribution is 2.35. The molecule has 15 heavy (non-hydrogen) atoms. The number of hydrogen-bond donors (Lipinski definition) is 1. The standard InChI is InChI=1S/C11H18BrN3/c1-3-8(4-2)10-9(12)11-13-6-5-7-15(11)14-10/h8,13H,3-7H2,1-2H3. The lowest BCUT2D eigenvalue weighted by atomic mass is 10.00. The van der Waals surface area contributed by atoms with Crippen LogP contribution < -0.4 is 5.32 Å². The maximum absolute atomic E-state index is 4.70. The van der Waals surface area contributed by atoms with E-state index in [9.17, 15) is 0 Å². The second-order valence-electron chi connectivity index (χ2n) is 4.06. The van der Waals surface area contributed by atoms with Crippen molar-refractivity contribution in [3.05, 3.63) is 10.2 Å². The maximum Gasteiger partial charge on any atom is 0.138 e. The van der Waals surface area contributed by atoms with Gasteiger partial charge in [0.1, 0.15) is 5.82 Å². The van der Waals surface area contributed by atoms with Gasteiger partial charge >= 0.3 is 0 Å². The molecule has 0 aromatic carbocycles. The Balaban J connectivity index is 2.36. The van der Waals surface area contributed by atoms with Crippen LogP contribution in [0.25, 0.3) is 0 Å². The third kappa shape index (κ3) is 1.92. The Hall–Kier alpha value is -0.510. The van der Waals surface area contributed by atoms with Crippen LogP contribution in [-0.4, -0.2) is 16.3 Å². The second kappa shape index (κ2) is 4.56. The number of hydrogen-bond acceptors (Lipinski definition) is 2. The van der Waals surface area contributed by atoms with Gasteiger partial charge in [-0.2, -0.15) is 5.10 Å². The smallest absolute Gasteiger partial charge is 0.138 e. The molecule has 4 heteroatoms. The molecule has 84 valence electrons. The summed E-state index contributed by atoms with van der Waals surface area (Å²) >= 11 is 3.67. The summed E-state index contributed by atoms with van der Waals surface area (Å²) in [6, 6.07) is 0. The van der Waals surface area contributed by atoms with Crippen molar-refractivity contribution in [1.82, 2.24) is 9.78 Å². The summed E-state index contributed by atoms with van der Waals surface area (Å²) in [4.78, 5) is 0. The molecule has 0 amide bonds. The largest absolute Gasteiger partial charge is 0.369 e. The lowest BCUT2D eigenvalue weighted by Crippen LogP contribution is -2.17. The minimum atomic E-state index is 0.583. The van der Waals surface area contributed by atoms with E-state index in [0.29, 0.717) is 5.92 Å². The Morgan fingerprint density at radius 2 is 2.20 bits per heavy atom. The summed E-state index contributed by atoms with van der Waals surface area (Å²) in [6.07, 6.45) is 3.49. The molecule has 2 rings (SSSR count). The van der Waals surface area contributed by atoms with Crippen LogP contribution >= 0.6 is 15.9 Å². The molecule has 1 aliphatic rings. The summed E-state index contributed by atoms with van der Waals surface area (Å²) in [7, 11) is 0. The fraction of sp³-hybridized carbons (Fsp3) is 0.727. The van der Waals surface area contributed by atoms with Crippen LogP contribution in [0.1, 0.15) is 44.7 Å². The van der Waals surface area contributed by atoms with Crippen molar-refractivity contribution in [2.45, 2.75) is 45.6 Å². The van der Waals surface area contributed by atoms with E-state index >= 15 is 0 Å². The highest BCUT2D eigenvalue weighted by molar-refractivity contribution is 9.10. The van der Waals surface area contributed by atoms with Crippen LogP contribution in [0.5, 0.6) is 0 Å². The molecular formula is C11H18BrN3. The topological polar surface area (TPSA) is 29.9 Å². The Morgan fingerprint density at radius 3 is 2.80 bits per heavy atom. The first-order valence-corrected chi connectivity index (χ1v) is 6.57. The normalized spacial score (nSPS) is 15.2. The molecular weight excluding hydrogens is 254 g/mol. The molecule has 0 unspecified atom stereocenters. The molecule has 0 saturated heterocycles. The number of nitrogens with zero attached hydrogens (tertiary/aromatic N) is 2. The van der Waals surface area contributed by atoms with E-state index in [0.717, 1.165) is 25.9 Å². The SMILES string of the molecule is CCC(CC)c1nn2c(c1Br)NCCC2. The number of nitrogens with one attached hydrogen (secondary N) is 1. The van der Waals surface area contributed by atoms with Crippen LogP contribution in [0, 0.1) is 0 Å². The second-order valence-corrected chi connectivity index (χ2v) is 4.86. The Labute approximate surface area is 99.4 Å². The van der Waals surface area contributed by atoms with E-state index in [4.69, 9.17) is 5.10 Å². The summed E-state index contributed by atoms with van der Waals surface area (Å²) in [5.74, 6) is 1.75. The van der Waals surface area contributed by atoms with E-state index in [-0.39, 0.29) is 0 Å². The molecule has 0 bridgehead atoms. The number of fused-ring (bicyclic) bond motifs is 1. The number of anilines is 1. The molecule has 1 aromatic heterocycles. The average Bonchev–Trinajstić information content (AvgIpc) is 2.60. The van der Waals surface area contributed by atoms with Gasteiger partial charge in [0.25, 0.3) is 0 Å². The van der Waals surface area contributed by atoms with Gasteiger partial charge in [0.2, 0.25) is 0 Å². The van der Waals surface area contributed by atoms with Gasteiger partial charge in [-0.15, -0.1) is 0 Å². The van der Waals surface area contributed by atoms with Crippen molar-refractivity contribution in [3.63, 3.8) is 0 Å². The fourth-order valence-electron chi connectivity index (χ4n) is 2.16. The van der Waals surface area contributed by atoms with Gasteiger partial charge in [-0.1, -0.05) is 13.8 Å². The van der Waals surface area contributed by atoms with Crippen LogP contribution in [0.15, 0.2) is 4.47 Å². The highest BCUT2D eigenvalue weighted by atomic mass is 79.9. The highest BCUT2D eigenvalue weighted by Gasteiger charge is 2.22.